The third-order valence-corrected chi connectivity index (χ3v) is 12.8. The number of aliphatic hydroxyl groups is 2. The molecule has 11 heteroatoms. The van der Waals surface area contributed by atoms with Crippen LogP contribution in [0, 0.1) is 0 Å². The Kier molecular flexibility index (Phi) is 48.2. The van der Waals surface area contributed by atoms with Gasteiger partial charge in [0.25, 0.3) is 0 Å². The van der Waals surface area contributed by atoms with Crippen molar-refractivity contribution in [2.24, 2.45) is 0 Å². The number of phosphoric ester groups is 1. The second-order valence-corrected chi connectivity index (χ2v) is 19.7. The molecule has 64 heavy (non-hydrogen) atoms. The van der Waals surface area contributed by atoms with Gasteiger partial charge < -0.3 is 24.6 Å². The number of esters is 2. The molecule has 0 fully saturated rings. The quantitative estimate of drug-likeness (QED) is 0.0233. The van der Waals surface area contributed by atoms with Crippen LogP contribution in [0.2, 0.25) is 0 Å². The number of hydrogen-bond acceptors (Lipinski definition) is 9. The topological polar surface area (TPSA) is 149 Å². The zero-order valence-electron chi connectivity index (χ0n) is 41.5. The summed E-state index contributed by atoms with van der Waals surface area (Å²) in [6, 6.07) is 0. The SMILES string of the molecule is CCCCC/C=C\C/C=C\CCCCCCCCCCCC(=O)OC(COC(=O)CCCCCCCCCCCCCCCCCCCCCCCC)COP(=O)(O)OCC(O)CO. The number of carbonyl (C=O) groups is 2. The lowest BCUT2D eigenvalue weighted by Gasteiger charge is -2.20. The van der Waals surface area contributed by atoms with Gasteiger partial charge in [0.15, 0.2) is 6.10 Å². The van der Waals surface area contributed by atoms with Crippen molar-refractivity contribution in [3.05, 3.63) is 24.3 Å². The summed E-state index contributed by atoms with van der Waals surface area (Å²) in [7, 11) is -4.62. The summed E-state index contributed by atoms with van der Waals surface area (Å²) >= 11 is 0. The summed E-state index contributed by atoms with van der Waals surface area (Å²) in [6.45, 7) is 2.41. The van der Waals surface area contributed by atoms with E-state index < -0.39 is 51.8 Å². The van der Waals surface area contributed by atoms with E-state index >= 15 is 0 Å². The van der Waals surface area contributed by atoms with E-state index in [2.05, 4.69) is 38.2 Å². The first-order chi connectivity index (χ1) is 31.2. The summed E-state index contributed by atoms with van der Waals surface area (Å²) in [4.78, 5) is 35.2. The number of phosphoric acid groups is 1. The number of rotatable bonds is 51. The fraction of sp³-hybridized carbons (Fsp3) is 0.887. The van der Waals surface area contributed by atoms with Gasteiger partial charge in [0.2, 0.25) is 0 Å². The van der Waals surface area contributed by atoms with Gasteiger partial charge in [0, 0.05) is 12.8 Å². The first kappa shape index (κ1) is 62.4. The van der Waals surface area contributed by atoms with Crippen LogP contribution in [-0.2, 0) is 32.7 Å². The van der Waals surface area contributed by atoms with Gasteiger partial charge in [0.1, 0.15) is 12.7 Å². The molecular weight excluding hydrogens is 828 g/mol. The molecule has 0 saturated carbocycles. The second kappa shape index (κ2) is 49.4. The molecule has 0 rings (SSSR count). The summed E-state index contributed by atoms with van der Waals surface area (Å²) < 4.78 is 32.9. The predicted molar refractivity (Wildman–Crippen MR) is 265 cm³/mol. The number of carbonyl (C=O) groups excluding carboxylic acids is 2. The zero-order chi connectivity index (χ0) is 46.9. The number of allylic oxidation sites excluding steroid dienone is 4. The lowest BCUT2D eigenvalue weighted by atomic mass is 10.0. The van der Waals surface area contributed by atoms with Crippen molar-refractivity contribution in [1.29, 1.82) is 0 Å². The van der Waals surface area contributed by atoms with Gasteiger partial charge in [-0.1, -0.05) is 231 Å². The zero-order valence-corrected chi connectivity index (χ0v) is 42.4. The normalized spacial score (nSPS) is 13.8. The maximum absolute atomic E-state index is 12.7. The Bertz CT molecular complexity index is 1110. The molecule has 0 radical (unpaired) electrons. The van der Waals surface area contributed by atoms with E-state index in [0.717, 1.165) is 51.4 Å². The average Bonchev–Trinajstić information content (AvgIpc) is 3.28. The van der Waals surface area contributed by atoms with Crippen LogP contribution in [0.5, 0.6) is 0 Å². The van der Waals surface area contributed by atoms with E-state index in [9.17, 15) is 24.2 Å². The minimum absolute atomic E-state index is 0.183. The molecule has 0 aliphatic rings. The number of unbranched alkanes of at least 4 members (excludes halogenated alkanes) is 33. The van der Waals surface area contributed by atoms with Crippen molar-refractivity contribution in [1.82, 2.24) is 0 Å². The van der Waals surface area contributed by atoms with Crippen molar-refractivity contribution >= 4 is 19.8 Å². The summed E-state index contributed by atoms with van der Waals surface area (Å²) in [6.07, 6.45) is 52.9. The van der Waals surface area contributed by atoms with Gasteiger partial charge in [-0.05, 0) is 44.9 Å². The van der Waals surface area contributed by atoms with E-state index in [-0.39, 0.29) is 19.4 Å². The molecule has 0 spiro atoms. The molecule has 0 aliphatic heterocycles. The van der Waals surface area contributed by atoms with E-state index in [0.29, 0.717) is 12.8 Å². The third-order valence-electron chi connectivity index (χ3n) is 11.9. The molecule has 0 heterocycles. The predicted octanol–water partition coefficient (Wildman–Crippen LogP) is 15.3. The maximum atomic E-state index is 12.7. The van der Waals surface area contributed by atoms with Crippen molar-refractivity contribution in [3.63, 3.8) is 0 Å². The molecule has 0 aromatic carbocycles. The van der Waals surface area contributed by atoms with Gasteiger partial charge in [-0.25, -0.2) is 4.57 Å². The van der Waals surface area contributed by atoms with Crippen LogP contribution in [0.1, 0.15) is 264 Å². The van der Waals surface area contributed by atoms with E-state index in [4.69, 9.17) is 23.6 Å². The molecule has 0 saturated heterocycles. The smallest absolute Gasteiger partial charge is 0.462 e. The minimum atomic E-state index is -4.62. The molecule has 0 amide bonds. The number of hydrogen-bond donors (Lipinski definition) is 3. The van der Waals surface area contributed by atoms with Crippen LogP contribution < -0.4 is 0 Å². The monoisotopic (exact) mass is 929 g/mol. The van der Waals surface area contributed by atoms with Crippen LogP contribution in [-0.4, -0.2) is 65.7 Å². The highest BCUT2D eigenvalue weighted by Crippen LogP contribution is 2.43. The molecule has 378 valence electrons. The van der Waals surface area contributed by atoms with Gasteiger partial charge in [-0.15, -0.1) is 0 Å². The van der Waals surface area contributed by atoms with Crippen molar-refractivity contribution < 1.29 is 47.8 Å². The molecule has 3 atom stereocenters. The Hall–Kier alpha value is -1.55. The fourth-order valence-corrected chi connectivity index (χ4v) is 8.52. The van der Waals surface area contributed by atoms with E-state index in [1.54, 1.807) is 0 Å². The van der Waals surface area contributed by atoms with E-state index in [1.165, 1.54) is 173 Å². The molecular formula is C53H101O10P. The molecule has 10 nitrogen and oxygen atoms in total. The second-order valence-electron chi connectivity index (χ2n) is 18.3. The highest BCUT2D eigenvalue weighted by molar-refractivity contribution is 7.47. The van der Waals surface area contributed by atoms with Crippen molar-refractivity contribution in [3.8, 4) is 0 Å². The van der Waals surface area contributed by atoms with Gasteiger partial charge in [0.05, 0.1) is 19.8 Å². The first-order valence-electron chi connectivity index (χ1n) is 26.8. The maximum Gasteiger partial charge on any atom is 0.472 e. The van der Waals surface area contributed by atoms with Crippen molar-refractivity contribution in [2.45, 2.75) is 276 Å². The average molecular weight is 929 g/mol. The summed E-state index contributed by atoms with van der Waals surface area (Å²) in [5, 5.41) is 18.4. The Morgan fingerprint density at radius 1 is 0.469 bits per heavy atom. The Balaban J connectivity index is 4.12. The first-order valence-corrected chi connectivity index (χ1v) is 28.3. The van der Waals surface area contributed by atoms with Crippen LogP contribution >= 0.6 is 7.82 Å². The molecule has 3 N–H and O–H groups in total. The number of ether oxygens (including phenoxy) is 2. The highest BCUT2D eigenvalue weighted by Gasteiger charge is 2.27. The van der Waals surface area contributed by atoms with Gasteiger partial charge in [-0.3, -0.25) is 18.6 Å². The van der Waals surface area contributed by atoms with Crippen LogP contribution in [0.3, 0.4) is 0 Å². The third kappa shape index (κ3) is 48.4. The molecule has 0 aromatic rings. The van der Waals surface area contributed by atoms with E-state index in [1.807, 2.05) is 0 Å². The Morgan fingerprint density at radius 3 is 1.23 bits per heavy atom. The minimum Gasteiger partial charge on any atom is -0.462 e. The molecule has 0 bridgehead atoms. The molecule has 0 aromatic heterocycles. The summed E-state index contributed by atoms with van der Waals surface area (Å²) in [5.41, 5.74) is 0. The lowest BCUT2D eigenvalue weighted by molar-refractivity contribution is -0.161. The lowest BCUT2D eigenvalue weighted by Crippen LogP contribution is -2.29. The Morgan fingerprint density at radius 2 is 0.812 bits per heavy atom. The summed E-state index contributed by atoms with van der Waals surface area (Å²) in [5.74, 6) is -0.914. The molecule has 3 unspecified atom stereocenters. The van der Waals surface area contributed by atoms with Crippen LogP contribution in [0.4, 0.5) is 0 Å². The largest absolute Gasteiger partial charge is 0.472 e. The van der Waals surface area contributed by atoms with Crippen molar-refractivity contribution in [2.75, 3.05) is 26.4 Å². The van der Waals surface area contributed by atoms with Crippen LogP contribution in [0.15, 0.2) is 24.3 Å². The standard InChI is InChI=1S/C53H101O10P/c1-3-5-7-9-11-13-15-17-19-21-23-24-25-27-28-30-32-34-36-38-40-42-44-52(56)60-48-51(49-62-64(58,59)61-47-50(55)46-54)63-53(57)45-43-41-39-37-35-33-31-29-26-22-20-18-16-14-12-10-8-6-4-2/h12,14,18,20,50-51,54-55H,3-11,13,15-17,19,21-49H2,1-2H3,(H,58,59)/b14-12-,20-18-. The van der Waals surface area contributed by atoms with Gasteiger partial charge in [-0.2, -0.15) is 0 Å². The molecule has 0 aliphatic carbocycles. The fourth-order valence-electron chi connectivity index (χ4n) is 7.73. The number of aliphatic hydroxyl groups excluding tert-OH is 2. The Labute approximate surface area is 393 Å². The highest BCUT2D eigenvalue weighted by atomic mass is 31.2. The van der Waals surface area contributed by atoms with Crippen LogP contribution in [0.25, 0.3) is 0 Å². The van der Waals surface area contributed by atoms with Gasteiger partial charge >= 0.3 is 19.8 Å².